The Kier molecular flexibility index (Phi) is 3.96. The zero-order chi connectivity index (χ0) is 14.7. The molecule has 21 heavy (non-hydrogen) atoms. The van der Waals surface area contributed by atoms with Gasteiger partial charge in [0.25, 0.3) is 0 Å². The predicted molar refractivity (Wildman–Crippen MR) is 77.9 cm³/mol. The van der Waals surface area contributed by atoms with Crippen LogP contribution < -0.4 is 0 Å². The lowest BCUT2D eigenvalue weighted by atomic mass is 10.1. The van der Waals surface area contributed by atoms with Gasteiger partial charge >= 0.3 is 6.03 Å². The molecule has 0 spiro atoms. The van der Waals surface area contributed by atoms with Crippen molar-refractivity contribution in [3.05, 3.63) is 37.1 Å². The number of amides is 1. The van der Waals surface area contributed by atoms with Gasteiger partial charge in [0.05, 0.1) is 5.69 Å². The van der Waals surface area contributed by atoms with Gasteiger partial charge in [0, 0.05) is 50.5 Å². The Labute approximate surface area is 123 Å². The van der Waals surface area contributed by atoms with Crippen molar-refractivity contribution < 1.29 is 9.53 Å². The van der Waals surface area contributed by atoms with E-state index in [0.717, 1.165) is 24.1 Å². The van der Waals surface area contributed by atoms with Crippen molar-refractivity contribution in [2.45, 2.75) is 18.9 Å². The zero-order valence-electron chi connectivity index (χ0n) is 12.0. The molecule has 3 rings (SSSR count). The lowest BCUT2D eigenvalue weighted by Gasteiger charge is -2.30. The SMILES string of the molecule is CN(C(=O)n1cnc(-c2cccnc2)c1)C1CCOCC1. The van der Waals surface area contributed by atoms with Crippen LogP contribution in [0.4, 0.5) is 4.79 Å². The highest BCUT2D eigenvalue weighted by atomic mass is 16.5. The van der Waals surface area contributed by atoms with Crippen LogP contribution >= 0.6 is 0 Å². The summed E-state index contributed by atoms with van der Waals surface area (Å²) < 4.78 is 6.86. The molecular formula is C15H18N4O2. The van der Waals surface area contributed by atoms with Crippen LogP contribution in [0.5, 0.6) is 0 Å². The van der Waals surface area contributed by atoms with Gasteiger partial charge < -0.3 is 9.64 Å². The molecule has 1 saturated heterocycles. The van der Waals surface area contributed by atoms with Crippen LogP contribution in [0.1, 0.15) is 12.8 Å². The second-order valence-corrected chi connectivity index (χ2v) is 5.14. The van der Waals surface area contributed by atoms with Gasteiger partial charge in [0.2, 0.25) is 0 Å². The molecule has 0 N–H and O–H groups in total. The van der Waals surface area contributed by atoms with Crippen LogP contribution in [0, 0.1) is 0 Å². The molecule has 1 amide bonds. The van der Waals surface area contributed by atoms with E-state index in [1.165, 1.54) is 4.57 Å². The maximum Gasteiger partial charge on any atom is 0.329 e. The molecule has 0 unspecified atom stereocenters. The number of hydrogen-bond donors (Lipinski definition) is 0. The van der Waals surface area contributed by atoms with Crippen molar-refractivity contribution in [1.82, 2.24) is 19.4 Å². The van der Waals surface area contributed by atoms with Gasteiger partial charge in [0.15, 0.2) is 0 Å². The summed E-state index contributed by atoms with van der Waals surface area (Å²) in [4.78, 5) is 22.6. The highest BCUT2D eigenvalue weighted by molar-refractivity contribution is 5.78. The average molecular weight is 286 g/mol. The maximum atomic E-state index is 12.5. The van der Waals surface area contributed by atoms with Crippen molar-refractivity contribution in [1.29, 1.82) is 0 Å². The summed E-state index contributed by atoms with van der Waals surface area (Å²) >= 11 is 0. The number of imidazole rings is 1. The van der Waals surface area contributed by atoms with E-state index in [1.807, 2.05) is 19.2 Å². The summed E-state index contributed by atoms with van der Waals surface area (Å²) in [5.74, 6) is 0. The Morgan fingerprint density at radius 1 is 1.43 bits per heavy atom. The molecule has 0 radical (unpaired) electrons. The molecule has 1 aliphatic heterocycles. The minimum Gasteiger partial charge on any atom is -0.381 e. The molecule has 0 aliphatic carbocycles. The van der Waals surface area contributed by atoms with Gasteiger partial charge in [-0.1, -0.05) is 0 Å². The van der Waals surface area contributed by atoms with E-state index >= 15 is 0 Å². The number of hydrogen-bond acceptors (Lipinski definition) is 4. The maximum absolute atomic E-state index is 12.5. The Balaban J connectivity index is 1.74. The average Bonchev–Trinajstić information content (AvgIpc) is 3.05. The van der Waals surface area contributed by atoms with E-state index in [1.54, 1.807) is 29.8 Å². The number of carbonyl (C=O) groups is 1. The van der Waals surface area contributed by atoms with Gasteiger partial charge in [-0.15, -0.1) is 0 Å². The summed E-state index contributed by atoms with van der Waals surface area (Å²) in [7, 11) is 1.84. The number of aromatic nitrogens is 3. The van der Waals surface area contributed by atoms with Crippen molar-refractivity contribution in [3.63, 3.8) is 0 Å². The number of rotatable bonds is 2. The van der Waals surface area contributed by atoms with Gasteiger partial charge in [-0.2, -0.15) is 0 Å². The molecule has 2 aromatic heterocycles. The molecule has 0 saturated carbocycles. The van der Waals surface area contributed by atoms with Crippen LogP contribution in [0.3, 0.4) is 0 Å². The van der Waals surface area contributed by atoms with Crippen LogP contribution in [-0.2, 0) is 4.74 Å². The van der Waals surface area contributed by atoms with E-state index < -0.39 is 0 Å². The van der Waals surface area contributed by atoms with E-state index in [0.29, 0.717) is 13.2 Å². The quantitative estimate of drug-likeness (QED) is 0.847. The van der Waals surface area contributed by atoms with Gasteiger partial charge in [-0.3, -0.25) is 9.55 Å². The first-order valence-corrected chi connectivity index (χ1v) is 7.05. The summed E-state index contributed by atoms with van der Waals surface area (Å²) in [5.41, 5.74) is 1.65. The lowest BCUT2D eigenvalue weighted by molar-refractivity contribution is 0.0528. The first-order chi connectivity index (χ1) is 10.3. The molecule has 110 valence electrons. The fourth-order valence-corrected chi connectivity index (χ4v) is 2.50. The zero-order valence-corrected chi connectivity index (χ0v) is 12.0. The molecule has 6 heteroatoms. The Hall–Kier alpha value is -2.21. The van der Waals surface area contributed by atoms with Crippen molar-refractivity contribution in [2.24, 2.45) is 0 Å². The summed E-state index contributed by atoms with van der Waals surface area (Å²) in [6, 6.07) is 3.94. The Bertz CT molecular complexity index is 605. The van der Waals surface area contributed by atoms with Gasteiger partial charge in [-0.05, 0) is 25.0 Å². The highest BCUT2D eigenvalue weighted by Crippen LogP contribution is 2.17. The number of nitrogens with zero attached hydrogens (tertiary/aromatic N) is 4. The fraction of sp³-hybridized carbons (Fsp3) is 0.400. The minimum absolute atomic E-state index is 0.0652. The van der Waals surface area contributed by atoms with Crippen LogP contribution in [0.15, 0.2) is 37.1 Å². The van der Waals surface area contributed by atoms with Crippen LogP contribution in [0.25, 0.3) is 11.3 Å². The molecule has 0 atom stereocenters. The van der Waals surface area contributed by atoms with Crippen molar-refractivity contribution in [2.75, 3.05) is 20.3 Å². The fourth-order valence-electron chi connectivity index (χ4n) is 2.50. The first kappa shape index (κ1) is 13.8. The molecule has 2 aromatic rings. The summed E-state index contributed by atoms with van der Waals surface area (Å²) in [6.45, 7) is 1.43. The number of pyridine rings is 1. The summed E-state index contributed by atoms with van der Waals surface area (Å²) in [5, 5.41) is 0. The van der Waals surface area contributed by atoms with Crippen LogP contribution in [0.2, 0.25) is 0 Å². The number of ether oxygens (including phenoxy) is 1. The Morgan fingerprint density at radius 3 is 2.95 bits per heavy atom. The summed E-state index contributed by atoms with van der Waals surface area (Å²) in [6.07, 6.45) is 8.51. The van der Waals surface area contributed by atoms with Gasteiger partial charge in [0.1, 0.15) is 6.33 Å². The largest absolute Gasteiger partial charge is 0.381 e. The predicted octanol–water partition coefficient (Wildman–Crippen LogP) is 2.02. The molecule has 0 bridgehead atoms. The first-order valence-electron chi connectivity index (χ1n) is 7.05. The normalized spacial score (nSPS) is 15.9. The third-order valence-corrected chi connectivity index (χ3v) is 3.80. The second-order valence-electron chi connectivity index (χ2n) is 5.14. The molecular weight excluding hydrogens is 268 g/mol. The lowest BCUT2D eigenvalue weighted by Crippen LogP contribution is -2.42. The number of carbonyl (C=O) groups excluding carboxylic acids is 1. The standard InChI is InChI=1S/C15H18N4O2/c1-18(13-4-7-21-8-5-13)15(20)19-10-14(17-11-19)12-3-2-6-16-9-12/h2-3,6,9-11,13H,4-5,7-8H2,1H3. The van der Waals surface area contributed by atoms with E-state index in [-0.39, 0.29) is 12.1 Å². The molecule has 0 aromatic carbocycles. The van der Waals surface area contributed by atoms with Crippen LogP contribution in [-0.4, -0.2) is 51.8 Å². The molecule has 1 fully saturated rings. The highest BCUT2D eigenvalue weighted by Gasteiger charge is 2.23. The van der Waals surface area contributed by atoms with E-state index in [4.69, 9.17) is 4.74 Å². The topological polar surface area (TPSA) is 60.2 Å². The monoisotopic (exact) mass is 286 g/mol. The molecule has 1 aliphatic rings. The second kappa shape index (κ2) is 6.05. The third-order valence-electron chi connectivity index (χ3n) is 3.80. The van der Waals surface area contributed by atoms with Gasteiger partial charge in [-0.25, -0.2) is 9.78 Å². The van der Waals surface area contributed by atoms with E-state index in [9.17, 15) is 4.79 Å². The third kappa shape index (κ3) is 2.95. The smallest absolute Gasteiger partial charge is 0.329 e. The molecule has 3 heterocycles. The van der Waals surface area contributed by atoms with Crippen molar-refractivity contribution in [3.8, 4) is 11.3 Å². The van der Waals surface area contributed by atoms with E-state index in [2.05, 4.69) is 9.97 Å². The van der Waals surface area contributed by atoms with Crippen molar-refractivity contribution >= 4 is 6.03 Å². The molecule has 6 nitrogen and oxygen atoms in total. The Morgan fingerprint density at radius 2 is 2.24 bits per heavy atom. The minimum atomic E-state index is -0.0652.